The molecule has 1 unspecified atom stereocenters. The fourth-order valence-corrected chi connectivity index (χ4v) is 4.60. The molecule has 3 aromatic rings. The monoisotopic (exact) mass is 362 g/mol. The molecule has 4 rings (SSSR count). The number of hydrogen-bond acceptors (Lipinski definition) is 3. The molecule has 0 fully saturated rings. The number of carbonyl (C=O) groups is 1. The number of nitrogens with two attached hydrogens (primary N) is 1. The molecule has 4 heteroatoms. The van der Waals surface area contributed by atoms with Crippen molar-refractivity contribution in [2.24, 2.45) is 5.73 Å². The van der Waals surface area contributed by atoms with Crippen molar-refractivity contribution >= 4 is 17.2 Å². The van der Waals surface area contributed by atoms with Gasteiger partial charge in [-0.2, -0.15) is 0 Å². The van der Waals surface area contributed by atoms with Crippen molar-refractivity contribution in [1.82, 2.24) is 5.32 Å². The number of carbonyl (C=O) groups excluding carboxylic acids is 1. The van der Waals surface area contributed by atoms with E-state index in [0.29, 0.717) is 6.42 Å². The van der Waals surface area contributed by atoms with E-state index in [9.17, 15) is 4.79 Å². The molecule has 0 spiro atoms. The van der Waals surface area contributed by atoms with Crippen molar-refractivity contribution in [2.45, 2.75) is 31.3 Å². The molecule has 0 bridgehead atoms. The summed E-state index contributed by atoms with van der Waals surface area (Å²) in [7, 11) is 0. The van der Waals surface area contributed by atoms with Gasteiger partial charge in [-0.1, -0.05) is 54.6 Å². The van der Waals surface area contributed by atoms with Crippen LogP contribution in [-0.4, -0.2) is 18.0 Å². The van der Waals surface area contributed by atoms with Crippen LogP contribution in [0, 0.1) is 0 Å². The first-order valence-corrected chi connectivity index (χ1v) is 9.77. The summed E-state index contributed by atoms with van der Waals surface area (Å²) < 4.78 is 0. The molecule has 1 atom stereocenters. The molecular weight excluding hydrogens is 340 g/mol. The molecule has 1 aliphatic rings. The standard InChI is InChI=1S/C22H22N2OS/c23-20(14-19-10-11-21(26-19)15-6-2-1-3-7-15)22(25)24-18-12-16-8-4-5-9-17(16)13-18/h1-11,18,20H,12-14,23H2,(H,24,25). The number of rotatable bonds is 5. The fourth-order valence-electron chi connectivity index (χ4n) is 3.52. The third-order valence-electron chi connectivity index (χ3n) is 4.88. The SMILES string of the molecule is NC(Cc1ccc(-c2ccccc2)s1)C(=O)NC1Cc2ccccc2C1. The topological polar surface area (TPSA) is 55.1 Å². The molecule has 3 N–H and O–H groups in total. The third-order valence-corrected chi connectivity index (χ3v) is 6.03. The van der Waals surface area contributed by atoms with Gasteiger partial charge in [0, 0.05) is 22.2 Å². The average molecular weight is 362 g/mol. The van der Waals surface area contributed by atoms with Gasteiger partial charge >= 0.3 is 0 Å². The van der Waals surface area contributed by atoms with Gasteiger partial charge in [0.05, 0.1) is 6.04 Å². The molecule has 26 heavy (non-hydrogen) atoms. The summed E-state index contributed by atoms with van der Waals surface area (Å²) in [6, 6.07) is 22.5. The van der Waals surface area contributed by atoms with Crippen molar-refractivity contribution in [3.63, 3.8) is 0 Å². The van der Waals surface area contributed by atoms with Gasteiger partial charge in [0.25, 0.3) is 0 Å². The van der Waals surface area contributed by atoms with Crippen LogP contribution in [0.1, 0.15) is 16.0 Å². The van der Waals surface area contributed by atoms with E-state index in [-0.39, 0.29) is 11.9 Å². The predicted molar refractivity (Wildman–Crippen MR) is 107 cm³/mol. The van der Waals surface area contributed by atoms with Gasteiger partial charge in [0.1, 0.15) is 0 Å². The fraction of sp³-hybridized carbons (Fsp3) is 0.227. The summed E-state index contributed by atoms with van der Waals surface area (Å²) >= 11 is 1.70. The summed E-state index contributed by atoms with van der Waals surface area (Å²) in [5, 5.41) is 3.12. The smallest absolute Gasteiger partial charge is 0.237 e. The Morgan fingerprint density at radius 2 is 1.65 bits per heavy atom. The lowest BCUT2D eigenvalue weighted by Gasteiger charge is -2.16. The Hall–Kier alpha value is -2.43. The van der Waals surface area contributed by atoms with E-state index in [0.717, 1.165) is 17.7 Å². The third kappa shape index (κ3) is 3.71. The van der Waals surface area contributed by atoms with Crippen LogP contribution in [-0.2, 0) is 24.1 Å². The van der Waals surface area contributed by atoms with Gasteiger partial charge in [0.2, 0.25) is 5.91 Å². The number of nitrogens with one attached hydrogen (secondary N) is 1. The zero-order valence-electron chi connectivity index (χ0n) is 14.5. The van der Waals surface area contributed by atoms with E-state index < -0.39 is 6.04 Å². The lowest BCUT2D eigenvalue weighted by molar-refractivity contribution is -0.122. The van der Waals surface area contributed by atoms with Gasteiger partial charge < -0.3 is 11.1 Å². The largest absolute Gasteiger partial charge is 0.351 e. The van der Waals surface area contributed by atoms with Crippen LogP contribution in [0.2, 0.25) is 0 Å². The van der Waals surface area contributed by atoms with Crippen LogP contribution in [0.3, 0.4) is 0 Å². The molecule has 1 aromatic heterocycles. The molecule has 0 radical (unpaired) electrons. The summed E-state index contributed by atoms with van der Waals surface area (Å²) in [6.07, 6.45) is 2.36. The number of amides is 1. The van der Waals surface area contributed by atoms with Gasteiger partial charge in [-0.25, -0.2) is 0 Å². The summed E-state index contributed by atoms with van der Waals surface area (Å²) in [6.45, 7) is 0. The van der Waals surface area contributed by atoms with E-state index in [2.05, 4.69) is 53.8 Å². The molecule has 132 valence electrons. The van der Waals surface area contributed by atoms with Crippen molar-refractivity contribution in [3.8, 4) is 10.4 Å². The zero-order valence-corrected chi connectivity index (χ0v) is 15.3. The number of benzene rings is 2. The highest BCUT2D eigenvalue weighted by Gasteiger charge is 2.24. The Bertz CT molecular complexity index is 878. The van der Waals surface area contributed by atoms with E-state index in [1.165, 1.54) is 21.6 Å². The van der Waals surface area contributed by atoms with Crippen molar-refractivity contribution in [1.29, 1.82) is 0 Å². The molecule has 2 aromatic carbocycles. The lowest BCUT2D eigenvalue weighted by Crippen LogP contribution is -2.46. The summed E-state index contributed by atoms with van der Waals surface area (Å²) in [4.78, 5) is 14.8. The van der Waals surface area contributed by atoms with Crippen LogP contribution >= 0.6 is 11.3 Å². The van der Waals surface area contributed by atoms with Gasteiger partial charge in [-0.3, -0.25) is 4.79 Å². The van der Waals surface area contributed by atoms with Crippen LogP contribution in [0.25, 0.3) is 10.4 Å². The molecular formula is C22H22N2OS. The summed E-state index contributed by atoms with van der Waals surface area (Å²) in [5.74, 6) is -0.0579. The quantitative estimate of drug-likeness (QED) is 0.729. The van der Waals surface area contributed by atoms with Crippen molar-refractivity contribution in [3.05, 3.63) is 82.7 Å². The first-order valence-electron chi connectivity index (χ1n) is 8.96. The highest BCUT2D eigenvalue weighted by atomic mass is 32.1. The van der Waals surface area contributed by atoms with E-state index in [1.807, 2.05) is 18.2 Å². The van der Waals surface area contributed by atoms with Crippen LogP contribution in [0.4, 0.5) is 0 Å². The number of fused-ring (bicyclic) bond motifs is 1. The second-order valence-electron chi connectivity index (χ2n) is 6.83. The van der Waals surface area contributed by atoms with Crippen LogP contribution in [0.15, 0.2) is 66.7 Å². The Labute approximate surface area is 157 Å². The molecule has 1 heterocycles. The second kappa shape index (κ2) is 7.44. The van der Waals surface area contributed by atoms with Gasteiger partial charge in [-0.05, 0) is 41.7 Å². The Balaban J connectivity index is 1.34. The normalized spacial score (nSPS) is 14.8. The molecule has 3 nitrogen and oxygen atoms in total. The first-order chi connectivity index (χ1) is 12.7. The maximum atomic E-state index is 12.5. The summed E-state index contributed by atoms with van der Waals surface area (Å²) in [5.41, 5.74) is 10.0. The predicted octanol–water partition coefficient (Wildman–Crippen LogP) is 3.57. The Kier molecular flexibility index (Phi) is 4.87. The van der Waals surface area contributed by atoms with E-state index >= 15 is 0 Å². The minimum Gasteiger partial charge on any atom is -0.351 e. The maximum absolute atomic E-state index is 12.5. The van der Waals surface area contributed by atoms with Crippen LogP contribution in [0.5, 0.6) is 0 Å². The van der Waals surface area contributed by atoms with E-state index in [1.54, 1.807) is 11.3 Å². The molecule has 0 saturated heterocycles. The van der Waals surface area contributed by atoms with Crippen molar-refractivity contribution in [2.75, 3.05) is 0 Å². The van der Waals surface area contributed by atoms with E-state index in [4.69, 9.17) is 5.73 Å². The van der Waals surface area contributed by atoms with Crippen molar-refractivity contribution < 1.29 is 4.79 Å². The molecule has 1 amide bonds. The highest BCUT2D eigenvalue weighted by molar-refractivity contribution is 7.15. The maximum Gasteiger partial charge on any atom is 0.237 e. The van der Waals surface area contributed by atoms with Crippen LogP contribution < -0.4 is 11.1 Å². The van der Waals surface area contributed by atoms with Gasteiger partial charge in [-0.15, -0.1) is 11.3 Å². The number of hydrogen-bond donors (Lipinski definition) is 2. The second-order valence-corrected chi connectivity index (χ2v) is 7.99. The molecule has 0 aliphatic heterocycles. The minimum absolute atomic E-state index is 0.0579. The minimum atomic E-state index is -0.513. The lowest BCUT2D eigenvalue weighted by atomic mass is 10.1. The Morgan fingerprint density at radius 1 is 1.00 bits per heavy atom. The zero-order chi connectivity index (χ0) is 17.9. The first kappa shape index (κ1) is 17.0. The molecule has 1 aliphatic carbocycles. The number of thiophene rings is 1. The van der Waals surface area contributed by atoms with Gasteiger partial charge in [0.15, 0.2) is 0 Å². The average Bonchev–Trinajstić information content (AvgIpc) is 3.28. The highest BCUT2D eigenvalue weighted by Crippen LogP contribution is 2.28. The Morgan fingerprint density at radius 3 is 2.35 bits per heavy atom. The molecule has 0 saturated carbocycles.